The molecule has 4 rings (SSSR count). The number of likely N-dealkylation sites (tertiary alicyclic amines) is 1. The van der Waals surface area contributed by atoms with Gasteiger partial charge >= 0.3 is 0 Å². The number of rotatable bonds is 2. The predicted octanol–water partition coefficient (Wildman–Crippen LogP) is 0.108. The summed E-state index contributed by atoms with van der Waals surface area (Å²) in [6, 6.07) is 2.94. The van der Waals surface area contributed by atoms with Crippen LogP contribution >= 0.6 is 0 Å². The normalized spacial score (nSPS) is 26.4. The number of piperazine rings is 1. The van der Waals surface area contributed by atoms with Crippen LogP contribution in [0.15, 0.2) is 18.3 Å². The first-order valence-electron chi connectivity index (χ1n) is 10.2. The van der Waals surface area contributed by atoms with E-state index in [1.54, 1.807) is 30.2 Å². The van der Waals surface area contributed by atoms with Crippen LogP contribution in [0.2, 0.25) is 0 Å². The van der Waals surface area contributed by atoms with Crippen LogP contribution in [-0.4, -0.2) is 88.9 Å². The van der Waals surface area contributed by atoms with E-state index >= 15 is 0 Å². The SMILES string of the molecule is C[C@H](C(=O)N1CCN(C)CC1)N1CC[C@@]2(CCC1=O)NC(=O)c1cccnc1N2. The van der Waals surface area contributed by atoms with Gasteiger partial charge in [0.2, 0.25) is 11.8 Å². The molecule has 1 aromatic rings. The first-order chi connectivity index (χ1) is 13.9. The molecule has 2 atom stereocenters. The lowest BCUT2D eigenvalue weighted by Crippen LogP contribution is -2.58. The fourth-order valence-corrected chi connectivity index (χ4v) is 4.34. The van der Waals surface area contributed by atoms with Crippen LogP contribution in [0.5, 0.6) is 0 Å². The number of fused-ring (bicyclic) bond motifs is 1. The standard InChI is InChI=1S/C20H28N6O3/c1-14(19(29)25-12-10-24(2)11-13-25)26-9-7-20(6-5-16(26)27)22-17-15(18(28)23-20)4-3-8-21-17/h3-4,8,14H,5-7,9-13H2,1-2H3,(H,21,22)(H,23,28)/t14-,20-/m1/s1. The highest BCUT2D eigenvalue weighted by Crippen LogP contribution is 2.31. The Hall–Kier alpha value is -2.68. The fourth-order valence-electron chi connectivity index (χ4n) is 4.34. The molecule has 9 nitrogen and oxygen atoms in total. The summed E-state index contributed by atoms with van der Waals surface area (Å²) in [6.07, 6.45) is 2.87. The minimum Gasteiger partial charge on any atom is -0.347 e. The second-order valence-corrected chi connectivity index (χ2v) is 8.20. The van der Waals surface area contributed by atoms with Crippen LogP contribution in [0.1, 0.15) is 36.5 Å². The van der Waals surface area contributed by atoms with E-state index in [0.717, 1.165) is 13.1 Å². The largest absolute Gasteiger partial charge is 0.347 e. The van der Waals surface area contributed by atoms with Gasteiger partial charge in [-0.3, -0.25) is 14.4 Å². The van der Waals surface area contributed by atoms with Gasteiger partial charge in [-0.25, -0.2) is 4.98 Å². The van der Waals surface area contributed by atoms with E-state index in [1.807, 2.05) is 11.9 Å². The van der Waals surface area contributed by atoms with E-state index in [0.29, 0.717) is 43.9 Å². The molecule has 4 heterocycles. The van der Waals surface area contributed by atoms with Gasteiger partial charge in [-0.2, -0.15) is 0 Å². The lowest BCUT2D eigenvalue weighted by Gasteiger charge is -2.39. The number of hydrogen-bond acceptors (Lipinski definition) is 6. The maximum atomic E-state index is 13.0. The molecule has 29 heavy (non-hydrogen) atoms. The highest BCUT2D eigenvalue weighted by molar-refractivity contribution is 6.01. The Morgan fingerprint density at radius 2 is 1.90 bits per heavy atom. The zero-order valence-corrected chi connectivity index (χ0v) is 17.0. The summed E-state index contributed by atoms with van der Waals surface area (Å²) in [5, 5.41) is 6.37. The highest BCUT2D eigenvalue weighted by Gasteiger charge is 2.42. The van der Waals surface area contributed by atoms with E-state index in [4.69, 9.17) is 0 Å². The second-order valence-electron chi connectivity index (χ2n) is 8.20. The van der Waals surface area contributed by atoms with Crippen LogP contribution in [0, 0.1) is 0 Å². The summed E-state index contributed by atoms with van der Waals surface area (Å²) < 4.78 is 0. The third kappa shape index (κ3) is 3.78. The molecule has 1 aromatic heterocycles. The molecule has 0 aromatic carbocycles. The molecule has 2 N–H and O–H groups in total. The molecule has 3 amide bonds. The molecule has 156 valence electrons. The fraction of sp³-hybridized carbons (Fsp3) is 0.600. The summed E-state index contributed by atoms with van der Waals surface area (Å²) in [4.78, 5) is 48.3. The van der Waals surface area contributed by atoms with Crippen molar-refractivity contribution in [1.82, 2.24) is 25.0 Å². The summed E-state index contributed by atoms with van der Waals surface area (Å²) in [6.45, 7) is 5.27. The maximum absolute atomic E-state index is 13.0. The van der Waals surface area contributed by atoms with Crippen LogP contribution in [-0.2, 0) is 9.59 Å². The summed E-state index contributed by atoms with van der Waals surface area (Å²) in [7, 11) is 2.04. The number of pyridine rings is 1. The molecule has 0 radical (unpaired) electrons. The Morgan fingerprint density at radius 3 is 2.66 bits per heavy atom. The third-order valence-corrected chi connectivity index (χ3v) is 6.27. The molecule has 9 heteroatoms. The third-order valence-electron chi connectivity index (χ3n) is 6.27. The molecular formula is C20H28N6O3. The molecule has 0 unspecified atom stereocenters. The van der Waals surface area contributed by atoms with E-state index in [9.17, 15) is 14.4 Å². The molecule has 3 aliphatic heterocycles. The van der Waals surface area contributed by atoms with Gasteiger partial charge in [0.25, 0.3) is 5.91 Å². The maximum Gasteiger partial charge on any atom is 0.256 e. The lowest BCUT2D eigenvalue weighted by molar-refractivity contribution is -0.145. The minimum atomic E-state index is -0.723. The summed E-state index contributed by atoms with van der Waals surface area (Å²) >= 11 is 0. The number of carbonyl (C=O) groups is 3. The van der Waals surface area contributed by atoms with Crippen LogP contribution in [0.25, 0.3) is 0 Å². The first-order valence-corrected chi connectivity index (χ1v) is 10.2. The molecule has 3 aliphatic rings. The Kier molecular flexibility index (Phi) is 5.16. The average Bonchev–Trinajstić information content (AvgIpc) is 2.87. The number of amides is 3. The van der Waals surface area contributed by atoms with Crippen LogP contribution in [0.4, 0.5) is 5.82 Å². The Balaban J connectivity index is 1.47. The minimum absolute atomic E-state index is 0.00458. The number of nitrogens with zero attached hydrogens (tertiary/aromatic N) is 4. The van der Waals surface area contributed by atoms with Gasteiger partial charge in [0.1, 0.15) is 17.5 Å². The quantitative estimate of drug-likeness (QED) is 0.731. The number of carbonyl (C=O) groups excluding carboxylic acids is 3. The van der Waals surface area contributed by atoms with Crippen molar-refractivity contribution in [2.75, 3.05) is 45.1 Å². The van der Waals surface area contributed by atoms with E-state index in [1.165, 1.54) is 0 Å². The van der Waals surface area contributed by atoms with Crippen molar-refractivity contribution in [3.8, 4) is 0 Å². The predicted molar refractivity (Wildman–Crippen MR) is 107 cm³/mol. The van der Waals surface area contributed by atoms with Crippen molar-refractivity contribution in [1.29, 1.82) is 0 Å². The zero-order chi connectivity index (χ0) is 20.6. The second kappa shape index (κ2) is 7.62. The highest BCUT2D eigenvalue weighted by atomic mass is 16.2. The van der Waals surface area contributed by atoms with E-state index in [2.05, 4.69) is 20.5 Å². The van der Waals surface area contributed by atoms with E-state index < -0.39 is 11.7 Å². The number of hydrogen-bond donors (Lipinski definition) is 2. The van der Waals surface area contributed by atoms with Crippen LogP contribution < -0.4 is 10.6 Å². The topological polar surface area (TPSA) is 97.9 Å². The lowest BCUT2D eigenvalue weighted by atomic mass is 9.97. The zero-order valence-electron chi connectivity index (χ0n) is 17.0. The van der Waals surface area contributed by atoms with Gasteiger partial charge in [-0.15, -0.1) is 0 Å². The molecular weight excluding hydrogens is 372 g/mol. The molecule has 0 aliphatic carbocycles. The van der Waals surface area contributed by atoms with Crippen LogP contribution in [0.3, 0.4) is 0 Å². The molecule has 1 spiro atoms. The molecule has 2 fully saturated rings. The number of nitrogens with one attached hydrogen (secondary N) is 2. The van der Waals surface area contributed by atoms with Crippen molar-refractivity contribution < 1.29 is 14.4 Å². The number of likely N-dealkylation sites (N-methyl/N-ethyl adjacent to an activating group) is 1. The van der Waals surface area contributed by atoms with Gasteiger partial charge in [0.05, 0.1) is 5.56 Å². The average molecular weight is 400 g/mol. The van der Waals surface area contributed by atoms with Crippen molar-refractivity contribution >= 4 is 23.5 Å². The smallest absolute Gasteiger partial charge is 0.256 e. The van der Waals surface area contributed by atoms with Gasteiger partial charge in [-0.05, 0) is 32.5 Å². The van der Waals surface area contributed by atoms with Crippen molar-refractivity contribution in [3.05, 3.63) is 23.9 Å². The van der Waals surface area contributed by atoms with Gasteiger partial charge in [0, 0.05) is 51.8 Å². The number of aromatic nitrogens is 1. The molecule has 2 saturated heterocycles. The monoisotopic (exact) mass is 400 g/mol. The summed E-state index contributed by atoms with van der Waals surface area (Å²) in [5.41, 5.74) is -0.219. The van der Waals surface area contributed by atoms with Gasteiger partial charge < -0.3 is 25.3 Å². The number of anilines is 1. The molecule has 0 saturated carbocycles. The van der Waals surface area contributed by atoms with Crippen molar-refractivity contribution in [2.45, 2.75) is 37.9 Å². The Morgan fingerprint density at radius 1 is 1.14 bits per heavy atom. The summed E-state index contributed by atoms with van der Waals surface area (Å²) in [5.74, 6) is 0.294. The Bertz CT molecular complexity index is 822. The Labute approximate surface area is 170 Å². The van der Waals surface area contributed by atoms with Gasteiger partial charge in [-0.1, -0.05) is 0 Å². The molecule has 0 bridgehead atoms. The first kappa shape index (κ1) is 19.6. The van der Waals surface area contributed by atoms with Crippen molar-refractivity contribution in [3.63, 3.8) is 0 Å². The van der Waals surface area contributed by atoms with E-state index in [-0.39, 0.29) is 24.1 Å². The van der Waals surface area contributed by atoms with Crippen molar-refractivity contribution in [2.24, 2.45) is 0 Å². The van der Waals surface area contributed by atoms with Gasteiger partial charge in [0.15, 0.2) is 0 Å².